The van der Waals surface area contributed by atoms with Gasteiger partial charge in [0.25, 0.3) is 0 Å². The summed E-state index contributed by atoms with van der Waals surface area (Å²) in [6.07, 6.45) is 0. The number of hydrogen-bond donors (Lipinski definition) is 1. The Morgan fingerprint density at radius 3 is 2.17 bits per heavy atom. The van der Waals surface area contributed by atoms with Crippen LogP contribution in [0.2, 0.25) is 0 Å². The van der Waals surface area contributed by atoms with Crippen LogP contribution in [0.5, 0.6) is 0 Å². The van der Waals surface area contributed by atoms with Crippen molar-refractivity contribution in [1.29, 1.82) is 0 Å². The summed E-state index contributed by atoms with van der Waals surface area (Å²) in [4.78, 5) is 30.2. The molecule has 8 heteroatoms. The van der Waals surface area contributed by atoms with Crippen molar-refractivity contribution in [2.45, 2.75) is 6.54 Å². The van der Waals surface area contributed by atoms with Gasteiger partial charge in [-0.2, -0.15) is 0 Å². The Bertz CT molecular complexity index is 868. The predicted molar refractivity (Wildman–Crippen MR) is 111 cm³/mol. The summed E-state index contributed by atoms with van der Waals surface area (Å²) in [5.74, 6) is -0.889. The molecule has 30 heavy (non-hydrogen) atoms. The summed E-state index contributed by atoms with van der Waals surface area (Å²) in [5, 5.41) is 2.75. The lowest BCUT2D eigenvalue weighted by Gasteiger charge is -2.34. The Hall–Kier alpha value is -2.84. The number of carbonyl (C=O) groups is 2. The third kappa shape index (κ3) is 6.33. The van der Waals surface area contributed by atoms with E-state index in [4.69, 9.17) is 0 Å². The molecule has 1 fully saturated rings. The Labute approximate surface area is 175 Å². The fraction of sp³-hybridized carbons (Fsp3) is 0.364. The molecule has 0 saturated carbocycles. The second-order valence-corrected chi connectivity index (χ2v) is 7.45. The molecule has 0 bridgehead atoms. The lowest BCUT2D eigenvalue weighted by molar-refractivity contribution is -0.132. The first-order valence-corrected chi connectivity index (χ1v) is 9.88. The van der Waals surface area contributed by atoms with Crippen LogP contribution < -0.4 is 5.32 Å². The van der Waals surface area contributed by atoms with Gasteiger partial charge in [0.2, 0.25) is 11.8 Å². The molecule has 1 saturated heterocycles. The summed E-state index contributed by atoms with van der Waals surface area (Å²) < 4.78 is 26.7. The maximum Gasteiger partial charge on any atom is 0.238 e. The first kappa shape index (κ1) is 21.9. The number of piperazine rings is 1. The molecule has 2 aromatic rings. The number of hydrogen-bond acceptors (Lipinski definition) is 4. The number of nitrogens with zero attached hydrogens (tertiary/aromatic N) is 3. The molecule has 2 aromatic carbocycles. The molecule has 6 nitrogen and oxygen atoms in total. The van der Waals surface area contributed by atoms with E-state index in [0.29, 0.717) is 37.4 Å². The van der Waals surface area contributed by atoms with Crippen LogP contribution >= 0.6 is 0 Å². The maximum atomic E-state index is 13.8. The standard InChI is InChI=1S/C22H26F2N4O2/c1-26(14-17-4-2-3-5-20(17)24)22(30)16-28-12-10-27(11-13-28)15-21(29)25-19-8-6-18(23)7-9-19/h2-9H,10-16H2,1H3,(H,25,29). The van der Waals surface area contributed by atoms with Gasteiger partial charge in [-0.25, -0.2) is 8.78 Å². The van der Waals surface area contributed by atoms with Gasteiger partial charge in [-0.15, -0.1) is 0 Å². The highest BCUT2D eigenvalue weighted by molar-refractivity contribution is 5.92. The predicted octanol–water partition coefficient (Wildman–Crippen LogP) is 2.18. The Morgan fingerprint density at radius 1 is 0.933 bits per heavy atom. The molecule has 1 N–H and O–H groups in total. The fourth-order valence-electron chi connectivity index (χ4n) is 3.32. The number of anilines is 1. The van der Waals surface area contributed by atoms with Gasteiger partial charge in [0, 0.05) is 51.0 Å². The molecule has 0 aliphatic carbocycles. The van der Waals surface area contributed by atoms with Crippen LogP contribution in [-0.4, -0.2) is 72.8 Å². The third-order valence-corrected chi connectivity index (χ3v) is 5.11. The SMILES string of the molecule is CN(Cc1ccccc1F)C(=O)CN1CCN(CC(=O)Nc2ccc(F)cc2)CC1. The van der Waals surface area contributed by atoms with Crippen LogP contribution in [0.4, 0.5) is 14.5 Å². The molecule has 0 spiro atoms. The zero-order valence-corrected chi connectivity index (χ0v) is 17.0. The highest BCUT2D eigenvalue weighted by Crippen LogP contribution is 2.11. The smallest absolute Gasteiger partial charge is 0.238 e. The summed E-state index contributed by atoms with van der Waals surface area (Å²) in [7, 11) is 1.67. The lowest BCUT2D eigenvalue weighted by atomic mass is 10.2. The second-order valence-electron chi connectivity index (χ2n) is 7.45. The van der Waals surface area contributed by atoms with E-state index >= 15 is 0 Å². The molecular formula is C22H26F2N4O2. The van der Waals surface area contributed by atoms with Crippen molar-refractivity contribution < 1.29 is 18.4 Å². The quantitative estimate of drug-likeness (QED) is 0.752. The zero-order chi connectivity index (χ0) is 21.5. The van der Waals surface area contributed by atoms with Gasteiger partial charge in [-0.3, -0.25) is 19.4 Å². The second kappa shape index (κ2) is 10.3. The topological polar surface area (TPSA) is 55.9 Å². The molecular weight excluding hydrogens is 390 g/mol. The lowest BCUT2D eigenvalue weighted by Crippen LogP contribution is -2.51. The minimum atomic E-state index is -0.349. The fourth-order valence-corrected chi connectivity index (χ4v) is 3.32. The largest absolute Gasteiger partial charge is 0.340 e. The van der Waals surface area contributed by atoms with E-state index in [1.807, 2.05) is 9.80 Å². The third-order valence-electron chi connectivity index (χ3n) is 5.11. The number of carbonyl (C=O) groups excluding carboxylic acids is 2. The van der Waals surface area contributed by atoms with E-state index in [1.165, 1.54) is 35.2 Å². The van der Waals surface area contributed by atoms with E-state index in [-0.39, 0.29) is 43.1 Å². The molecule has 1 aliphatic rings. The molecule has 160 valence electrons. The molecule has 0 aromatic heterocycles. The van der Waals surface area contributed by atoms with Crippen molar-refractivity contribution in [2.75, 3.05) is 51.6 Å². The van der Waals surface area contributed by atoms with Crippen LogP contribution in [-0.2, 0) is 16.1 Å². The average Bonchev–Trinajstić information content (AvgIpc) is 2.73. The minimum Gasteiger partial charge on any atom is -0.340 e. The normalized spacial score (nSPS) is 15.0. The zero-order valence-electron chi connectivity index (χ0n) is 17.0. The Morgan fingerprint density at radius 2 is 1.53 bits per heavy atom. The van der Waals surface area contributed by atoms with Crippen molar-refractivity contribution >= 4 is 17.5 Å². The maximum absolute atomic E-state index is 13.8. The van der Waals surface area contributed by atoms with E-state index in [0.717, 1.165) is 0 Å². The van der Waals surface area contributed by atoms with Crippen LogP contribution in [0, 0.1) is 11.6 Å². The van der Waals surface area contributed by atoms with Gasteiger partial charge in [0.15, 0.2) is 0 Å². The van der Waals surface area contributed by atoms with Crippen molar-refractivity contribution in [2.24, 2.45) is 0 Å². The first-order chi connectivity index (χ1) is 14.4. The van der Waals surface area contributed by atoms with E-state index < -0.39 is 0 Å². The molecule has 1 aliphatic heterocycles. The molecule has 0 unspecified atom stereocenters. The van der Waals surface area contributed by atoms with Gasteiger partial charge in [0.05, 0.1) is 13.1 Å². The number of likely N-dealkylation sites (N-methyl/N-ethyl adjacent to an activating group) is 1. The summed E-state index contributed by atoms with van der Waals surface area (Å²) in [5.41, 5.74) is 1.05. The highest BCUT2D eigenvalue weighted by atomic mass is 19.1. The van der Waals surface area contributed by atoms with Crippen molar-refractivity contribution in [3.05, 3.63) is 65.7 Å². The van der Waals surface area contributed by atoms with Crippen LogP contribution in [0.25, 0.3) is 0 Å². The molecule has 2 amide bonds. The molecule has 1 heterocycles. The van der Waals surface area contributed by atoms with Crippen LogP contribution in [0.1, 0.15) is 5.56 Å². The van der Waals surface area contributed by atoms with E-state index in [2.05, 4.69) is 5.32 Å². The van der Waals surface area contributed by atoms with Crippen molar-refractivity contribution in [3.8, 4) is 0 Å². The van der Waals surface area contributed by atoms with Crippen molar-refractivity contribution in [3.63, 3.8) is 0 Å². The van der Waals surface area contributed by atoms with E-state index in [9.17, 15) is 18.4 Å². The Balaban J connectivity index is 1.39. The number of rotatable bonds is 7. The minimum absolute atomic E-state index is 0.0687. The van der Waals surface area contributed by atoms with Gasteiger partial charge in [-0.1, -0.05) is 18.2 Å². The number of halogens is 2. The number of benzene rings is 2. The monoisotopic (exact) mass is 416 g/mol. The van der Waals surface area contributed by atoms with Gasteiger partial charge in [0.1, 0.15) is 11.6 Å². The van der Waals surface area contributed by atoms with E-state index in [1.54, 1.807) is 25.2 Å². The Kier molecular flexibility index (Phi) is 7.48. The number of amides is 2. The van der Waals surface area contributed by atoms with Crippen LogP contribution in [0.3, 0.4) is 0 Å². The summed E-state index contributed by atoms with van der Waals surface area (Å²) >= 11 is 0. The van der Waals surface area contributed by atoms with Gasteiger partial charge in [-0.05, 0) is 30.3 Å². The van der Waals surface area contributed by atoms with Gasteiger partial charge >= 0.3 is 0 Å². The highest BCUT2D eigenvalue weighted by Gasteiger charge is 2.22. The summed E-state index contributed by atoms with van der Waals surface area (Å²) in [6.45, 7) is 3.41. The van der Waals surface area contributed by atoms with Gasteiger partial charge < -0.3 is 10.2 Å². The average molecular weight is 416 g/mol. The molecule has 0 atom stereocenters. The number of nitrogens with one attached hydrogen (secondary N) is 1. The summed E-state index contributed by atoms with van der Waals surface area (Å²) in [6, 6.07) is 12.1. The first-order valence-electron chi connectivity index (χ1n) is 9.88. The van der Waals surface area contributed by atoms with Crippen LogP contribution in [0.15, 0.2) is 48.5 Å². The molecule has 3 rings (SSSR count). The van der Waals surface area contributed by atoms with Crippen molar-refractivity contribution in [1.82, 2.24) is 14.7 Å². The molecule has 0 radical (unpaired) electrons.